The van der Waals surface area contributed by atoms with Gasteiger partial charge >= 0.3 is 5.97 Å². The van der Waals surface area contributed by atoms with Gasteiger partial charge in [0.1, 0.15) is 5.00 Å². The van der Waals surface area contributed by atoms with Crippen LogP contribution in [-0.2, 0) is 17.6 Å². The van der Waals surface area contributed by atoms with Crippen LogP contribution in [0.25, 0.3) is 0 Å². The van der Waals surface area contributed by atoms with Gasteiger partial charge in [-0.2, -0.15) is 0 Å². The third-order valence-electron chi connectivity index (χ3n) is 4.80. The zero-order valence-corrected chi connectivity index (χ0v) is 16.2. The highest BCUT2D eigenvalue weighted by Crippen LogP contribution is 2.38. The second-order valence-corrected chi connectivity index (χ2v) is 7.58. The molecule has 0 fully saturated rings. The minimum atomic E-state index is -0.364. The molecule has 1 atom stereocenters. The maximum atomic E-state index is 12.9. The molecule has 0 bridgehead atoms. The lowest BCUT2D eigenvalue weighted by atomic mass is 9.95. The summed E-state index contributed by atoms with van der Waals surface area (Å²) in [6.07, 6.45) is 4.36. The number of ether oxygens (including phenoxy) is 1. The first-order valence-electron chi connectivity index (χ1n) is 8.86. The summed E-state index contributed by atoms with van der Waals surface area (Å²) in [7, 11) is 3.23. The van der Waals surface area contributed by atoms with Gasteiger partial charge in [0.15, 0.2) is 0 Å². The number of nitrogens with one attached hydrogen (secondary N) is 2. The molecule has 2 aromatic rings. The van der Waals surface area contributed by atoms with Crippen LogP contribution in [0.4, 0.5) is 5.00 Å². The molecule has 1 amide bonds. The van der Waals surface area contributed by atoms with Gasteiger partial charge in [-0.05, 0) is 55.9 Å². The maximum Gasteiger partial charge on any atom is 0.337 e. The van der Waals surface area contributed by atoms with Crippen molar-refractivity contribution in [2.75, 3.05) is 19.5 Å². The Hall–Kier alpha value is -2.34. The van der Waals surface area contributed by atoms with Gasteiger partial charge in [-0.1, -0.05) is 12.1 Å². The molecule has 1 aromatic carbocycles. The molecular formula is C20H24N2O3S. The van der Waals surface area contributed by atoms with Crippen LogP contribution < -0.4 is 10.6 Å². The summed E-state index contributed by atoms with van der Waals surface area (Å²) in [4.78, 5) is 25.8. The molecule has 1 aliphatic carbocycles. The Labute approximate surface area is 157 Å². The molecule has 26 heavy (non-hydrogen) atoms. The summed E-state index contributed by atoms with van der Waals surface area (Å²) in [6.45, 7) is 1.95. The van der Waals surface area contributed by atoms with Gasteiger partial charge in [0.05, 0.1) is 24.3 Å². The van der Waals surface area contributed by atoms with Gasteiger partial charge in [-0.15, -0.1) is 11.3 Å². The number of hydrogen-bond donors (Lipinski definition) is 2. The Kier molecular flexibility index (Phi) is 5.61. The SMILES string of the molecule is CNc1sc2c(c1C(=O)N[C@@H](C)c1ccc(C(=O)OC)cc1)CCCC2. The summed E-state index contributed by atoms with van der Waals surface area (Å²) in [5.74, 6) is -0.407. The molecular weight excluding hydrogens is 348 g/mol. The molecule has 0 saturated carbocycles. The lowest BCUT2D eigenvalue weighted by molar-refractivity contribution is 0.0600. The highest BCUT2D eigenvalue weighted by atomic mass is 32.1. The van der Waals surface area contributed by atoms with E-state index in [1.165, 1.54) is 24.0 Å². The Morgan fingerprint density at radius 2 is 1.85 bits per heavy atom. The normalized spacial score (nSPS) is 14.3. The van der Waals surface area contributed by atoms with Gasteiger partial charge in [-0.3, -0.25) is 4.79 Å². The molecule has 6 heteroatoms. The van der Waals surface area contributed by atoms with Crippen molar-refractivity contribution in [3.63, 3.8) is 0 Å². The standard InChI is InChI=1S/C20H24N2O3S/c1-12(13-8-10-14(11-9-13)20(24)25-3)22-18(23)17-15-6-4-5-7-16(15)26-19(17)21-2/h8-12,21H,4-7H2,1-3H3,(H,22,23)/t12-/m0/s1. The van der Waals surface area contributed by atoms with Crippen molar-refractivity contribution in [1.29, 1.82) is 0 Å². The molecule has 1 heterocycles. The molecule has 0 spiro atoms. The average Bonchev–Trinajstić information content (AvgIpc) is 3.06. The van der Waals surface area contributed by atoms with Crippen LogP contribution in [0.3, 0.4) is 0 Å². The third-order valence-corrected chi connectivity index (χ3v) is 6.11. The molecule has 1 aromatic heterocycles. The van der Waals surface area contributed by atoms with Crippen molar-refractivity contribution in [1.82, 2.24) is 5.32 Å². The highest BCUT2D eigenvalue weighted by molar-refractivity contribution is 7.16. The van der Waals surface area contributed by atoms with Gasteiger partial charge < -0.3 is 15.4 Å². The van der Waals surface area contributed by atoms with E-state index >= 15 is 0 Å². The quantitative estimate of drug-likeness (QED) is 0.780. The van der Waals surface area contributed by atoms with E-state index in [4.69, 9.17) is 4.74 Å². The first-order valence-corrected chi connectivity index (χ1v) is 9.68. The van der Waals surface area contributed by atoms with E-state index in [9.17, 15) is 9.59 Å². The summed E-state index contributed by atoms with van der Waals surface area (Å²) < 4.78 is 4.71. The molecule has 2 N–H and O–H groups in total. The van der Waals surface area contributed by atoms with Crippen LogP contribution in [-0.4, -0.2) is 26.0 Å². The van der Waals surface area contributed by atoms with Crippen molar-refractivity contribution >= 4 is 28.2 Å². The average molecular weight is 372 g/mol. The fourth-order valence-corrected chi connectivity index (χ4v) is 4.60. The first kappa shape index (κ1) is 18.5. The number of rotatable bonds is 5. The number of amides is 1. The van der Waals surface area contributed by atoms with Crippen molar-refractivity contribution < 1.29 is 14.3 Å². The smallest absolute Gasteiger partial charge is 0.337 e. The number of aryl methyl sites for hydroxylation is 1. The fraction of sp³-hybridized carbons (Fsp3) is 0.400. The van der Waals surface area contributed by atoms with Crippen LogP contribution in [0.2, 0.25) is 0 Å². The molecule has 0 radical (unpaired) electrons. The zero-order chi connectivity index (χ0) is 18.7. The summed E-state index contributed by atoms with van der Waals surface area (Å²) >= 11 is 1.70. The van der Waals surface area contributed by atoms with Crippen molar-refractivity contribution in [2.24, 2.45) is 0 Å². The lowest BCUT2D eigenvalue weighted by Crippen LogP contribution is -2.28. The maximum absolute atomic E-state index is 12.9. The monoisotopic (exact) mass is 372 g/mol. The van der Waals surface area contributed by atoms with Gasteiger partial charge in [-0.25, -0.2) is 4.79 Å². The number of hydrogen-bond acceptors (Lipinski definition) is 5. The van der Waals surface area contributed by atoms with Crippen LogP contribution in [0.5, 0.6) is 0 Å². The number of thiophene rings is 1. The van der Waals surface area contributed by atoms with Crippen LogP contribution >= 0.6 is 11.3 Å². The molecule has 5 nitrogen and oxygen atoms in total. The second-order valence-electron chi connectivity index (χ2n) is 6.47. The number of benzene rings is 1. The molecule has 1 aliphatic rings. The second kappa shape index (κ2) is 7.91. The summed E-state index contributed by atoms with van der Waals surface area (Å²) in [5.41, 5.74) is 3.45. The summed E-state index contributed by atoms with van der Waals surface area (Å²) in [5, 5.41) is 7.22. The topological polar surface area (TPSA) is 67.4 Å². The summed E-state index contributed by atoms with van der Waals surface area (Å²) in [6, 6.07) is 6.97. The number of carbonyl (C=O) groups is 2. The fourth-order valence-electron chi connectivity index (χ4n) is 3.36. The van der Waals surface area contributed by atoms with E-state index in [0.717, 1.165) is 35.4 Å². The predicted molar refractivity (Wildman–Crippen MR) is 104 cm³/mol. The minimum absolute atomic E-state index is 0.0432. The van der Waals surface area contributed by atoms with Crippen molar-refractivity contribution in [3.05, 3.63) is 51.4 Å². The first-order chi connectivity index (χ1) is 12.5. The van der Waals surface area contributed by atoms with Crippen LogP contribution in [0.1, 0.15) is 62.5 Å². The molecule has 0 saturated heterocycles. The minimum Gasteiger partial charge on any atom is -0.465 e. The number of esters is 1. The van der Waals surface area contributed by atoms with E-state index in [2.05, 4.69) is 10.6 Å². The van der Waals surface area contributed by atoms with E-state index in [1.807, 2.05) is 26.1 Å². The zero-order valence-electron chi connectivity index (χ0n) is 15.3. The van der Waals surface area contributed by atoms with E-state index in [0.29, 0.717) is 5.56 Å². The number of carbonyl (C=O) groups excluding carboxylic acids is 2. The lowest BCUT2D eigenvalue weighted by Gasteiger charge is -2.17. The van der Waals surface area contributed by atoms with Crippen molar-refractivity contribution in [2.45, 2.75) is 38.6 Å². The van der Waals surface area contributed by atoms with Gasteiger partial charge in [0, 0.05) is 11.9 Å². The highest BCUT2D eigenvalue weighted by Gasteiger charge is 2.25. The van der Waals surface area contributed by atoms with Gasteiger partial charge in [0.2, 0.25) is 0 Å². The molecule has 0 unspecified atom stereocenters. The van der Waals surface area contributed by atoms with Gasteiger partial charge in [0.25, 0.3) is 5.91 Å². The molecule has 138 valence electrons. The van der Waals surface area contributed by atoms with Crippen LogP contribution in [0.15, 0.2) is 24.3 Å². The Bertz CT molecular complexity index is 811. The third kappa shape index (κ3) is 3.60. The van der Waals surface area contributed by atoms with E-state index < -0.39 is 0 Å². The van der Waals surface area contributed by atoms with Crippen LogP contribution in [0, 0.1) is 0 Å². The van der Waals surface area contributed by atoms with E-state index in [-0.39, 0.29) is 17.9 Å². The number of fused-ring (bicyclic) bond motifs is 1. The van der Waals surface area contributed by atoms with Crippen molar-refractivity contribution in [3.8, 4) is 0 Å². The largest absolute Gasteiger partial charge is 0.465 e. The Morgan fingerprint density at radius 1 is 1.15 bits per heavy atom. The van der Waals surface area contributed by atoms with E-state index in [1.54, 1.807) is 23.5 Å². The predicted octanol–water partition coefficient (Wildman–Crippen LogP) is 3.95. The Morgan fingerprint density at radius 3 is 2.50 bits per heavy atom. The number of anilines is 1. The molecule has 0 aliphatic heterocycles. The number of methoxy groups -OCH3 is 1. The molecule has 3 rings (SSSR count). The Balaban J connectivity index is 1.77.